The molecule has 0 bridgehead atoms. The van der Waals surface area contributed by atoms with Gasteiger partial charge in [0.1, 0.15) is 23.2 Å². The Kier molecular flexibility index (Phi) is 7.36. The fourth-order valence-electron chi connectivity index (χ4n) is 4.53. The molecule has 1 saturated carbocycles. The Morgan fingerprint density at radius 3 is 2.64 bits per heavy atom. The molecule has 10 heteroatoms. The van der Waals surface area contributed by atoms with E-state index in [0.717, 1.165) is 19.3 Å². The van der Waals surface area contributed by atoms with Crippen molar-refractivity contribution in [1.82, 2.24) is 15.5 Å². The first-order valence-electron chi connectivity index (χ1n) is 11.6. The molecule has 3 aliphatic rings. The number of fused-ring (bicyclic) bond motifs is 2. The van der Waals surface area contributed by atoms with Gasteiger partial charge in [0.15, 0.2) is 0 Å². The molecule has 4 N–H and O–H groups in total. The number of ether oxygens (including phenoxy) is 1. The first-order chi connectivity index (χ1) is 15.4. The van der Waals surface area contributed by atoms with E-state index < -0.39 is 53.2 Å². The average molecular weight is 466 g/mol. The summed E-state index contributed by atoms with van der Waals surface area (Å²) < 4.78 is 5.30. The number of carboxylic acid groups (broad SMARTS) is 1. The van der Waals surface area contributed by atoms with Crippen molar-refractivity contribution in [3.8, 4) is 0 Å². The second-order valence-electron chi connectivity index (χ2n) is 10.2. The van der Waals surface area contributed by atoms with Crippen LogP contribution in [0.25, 0.3) is 0 Å². The van der Waals surface area contributed by atoms with Gasteiger partial charge in [-0.1, -0.05) is 25.0 Å². The Bertz CT molecular complexity index is 821. The fourth-order valence-corrected chi connectivity index (χ4v) is 4.53. The third-order valence-corrected chi connectivity index (χ3v) is 6.33. The molecule has 33 heavy (non-hydrogen) atoms. The van der Waals surface area contributed by atoms with Crippen LogP contribution >= 0.6 is 0 Å². The third-order valence-electron chi connectivity index (χ3n) is 6.33. The molecule has 2 aliphatic heterocycles. The number of aliphatic hydroxyl groups is 1. The van der Waals surface area contributed by atoms with Crippen molar-refractivity contribution in [2.75, 3.05) is 6.54 Å². The minimum absolute atomic E-state index is 0.00688. The number of amides is 3. The zero-order valence-electron chi connectivity index (χ0n) is 19.5. The number of carbonyl (C=O) groups excluding carboxylic acids is 3. The Hall–Kier alpha value is -2.62. The maximum Gasteiger partial charge on any atom is 0.408 e. The summed E-state index contributed by atoms with van der Waals surface area (Å²) in [6, 6.07) is -1.93. The van der Waals surface area contributed by atoms with Gasteiger partial charge in [-0.25, -0.2) is 9.59 Å². The lowest BCUT2D eigenvalue weighted by Gasteiger charge is -2.30. The topological polar surface area (TPSA) is 145 Å². The molecule has 1 unspecified atom stereocenters. The van der Waals surface area contributed by atoms with Crippen LogP contribution in [0.4, 0.5) is 4.79 Å². The van der Waals surface area contributed by atoms with E-state index in [9.17, 15) is 29.4 Å². The summed E-state index contributed by atoms with van der Waals surface area (Å²) in [5.74, 6) is -2.51. The van der Waals surface area contributed by atoms with Crippen molar-refractivity contribution in [3.05, 3.63) is 12.2 Å². The number of allylic oxidation sites excluding steroid dienone is 1. The Morgan fingerprint density at radius 2 is 1.97 bits per heavy atom. The van der Waals surface area contributed by atoms with Crippen LogP contribution in [-0.4, -0.2) is 74.9 Å². The average Bonchev–Trinajstić information content (AvgIpc) is 3.25. The summed E-state index contributed by atoms with van der Waals surface area (Å²) >= 11 is 0. The van der Waals surface area contributed by atoms with Gasteiger partial charge in [-0.2, -0.15) is 0 Å². The third kappa shape index (κ3) is 6.04. The molecular weight excluding hydrogens is 430 g/mol. The SMILES string of the molecule is CC(C)(C)OC(=O)NC1CCCCCC=C[C@@H]2C[C@@]2(C(=O)O)NC(=O)[C@@H]2C[C@H](O)CN2C1=O. The van der Waals surface area contributed by atoms with Crippen molar-refractivity contribution in [2.45, 2.75) is 95.0 Å². The van der Waals surface area contributed by atoms with E-state index in [1.807, 2.05) is 12.2 Å². The highest BCUT2D eigenvalue weighted by Crippen LogP contribution is 2.45. The number of carbonyl (C=O) groups is 4. The molecule has 2 fully saturated rings. The number of hydrogen-bond acceptors (Lipinski definition) is 6. The number of alkyl carbamates (subject to hydrolysis) is 1. The smallest absolute Gasteiger partial charge is 0.408 e. The molecule has 0 radical (unpaired) electrons. The molecule has 1 saturated heterocycles. The van der Waals surface area contributed by atoms with Crippen LogP contribution in [0.2, 0.25) is 0 Å². The molecule has 1 aliphatic carbocycles. The van der Waals surface area contributed by atoms with E-state index in [4.69, 9.17) is 4.74 Å². The van der Waals surface area contributed by atoms with Crippen LogP contribution in [0.15, 0.2) is 12.2 Å². The Labute approximate surface area is 193 Å². The van der Waals surface area contributed by atoms with Gasteiger partial charge < -0.3 is 30.5 Å². The van der Waals surface area contributed by atoms with Gasteiger partial charge in [-0.05, 0) is 46.5 Å². The highest BCUT2D eigenvalue weighted by Gasteiger charge is 2.61. The summed E-state index contributed by atoms with van der Waals surface area (Å²) in [7, 11) is 0. The van der Waals surface area contributed by atoms with Crippen LogP contribution in [0.1, 0.15) is 65.7 Å². The zero-order chi connectivity index (χ0) is 24.4. The predicted molar refractivity (Wildman–Crippen MR) is 118 cm³/mol. The molecule has 0 spiro atoms. The molecule has 10 nitrogen and oxygen atoms in total. The molecule has 184 valence electrons. The predicted octanol–water partition coefficient (Wildman–Crippen LogP) is 1.32. The standard InChI is InChI=1S/C23H35N3O7/c1-22(2,3)33-21(32)24-16-10-8-6-4-5-7-9-14-12-23(14,20(30)31)25-18(28)17-11-15(27)13-26(17)19(16)29/h7,9,14-17,27H,4-6,8,10-13H2,1-3H3,(H,24,32)(H,25,28)(H,30,31)/t14-,15+,16?,17+,23-/m1/s1. The van der Waals surface area contributed by atoms with Gasteiger partial charge in [0.25, 0.3) is 0 Å². The van der Waals surface area contributed by atoms with Crippen molar-refractivity contribution >= 4 is 23.9 Å². The number of hydrogen-bond donors (Lipinski definition) is 4. The Morgan fingerprint density at radius 1 is 1.24 bits per heavy atom. The number of nitrogens with one attached hydrogen (secondary N) is 2. The lowest BCUT2D eigenvalue weighted by atomic mass is 10.0. The van der Waals surface area contributed by atoms with Crippen molar-refractivity contribution in [1.29, 1.82) is 0 Å². The van der Waals surface area contributed by atoms with Gasteiger partial charge in [0, 0.05) is 18.9 Å². The van der Waals surface area contributed by atoms with Crippen molar-refractivity contribution in [2.24, 2.45) is 5.92 Å². The molecule has 3 rings (SSSR count). The quantitative estimate of drug-likeness (QED) is 0.450. The van der Waals surface area contributed by atoms with Crippen molar-refractivity contribution < 1.29 is 34.1 Å². The molecule has 2 heterocycles. The molecule has 0 aromatic heterocycles. The van der Waals surface area contributed by atoms with Gasteiger partial charge >= 0.3 is 12.1 Å². The highest BCUT2D eigenvalue weighted by atomic mass is 16.6. The second kappa shape index (κ2) is 9.70. The van der Waals surface area contributed by atoms with Crippen LogP contribution in [0.5, 0.6) is 0 Å². The maximum absolute atomic E-state index is 13.4. The molecule has 0 aromatic rings. The number of aliphatic hydroxyl groups excluding tert-OH is 1. The Balaban J connectivity index is 1.83. The van der Waals surface area contributed by atoms with Crippen LogP contribution < -0.4 is 10.6 Å². The number of carboxylic acids is 1. The van der Waals surface area contributed by atoms with Gasteiger partial charge in [-0.15, -0.1) is 0 Å². The first-order valence-corrected chi connectivity index (χ1v) is 11.6. The minimum Gasteiger partial charge on any atom is -0.479 e. The summed E-state index contributed by atoms with van der Waals surface area (Å²) in [6.07, 6.45) is 5.91. The summed E-state index contributed by atoms with van der Waals surface area (Å²) in [5.41, 5.74) is -2.12. The largest absolute Gasteiger partial charge is 0.479 e. The van der Waals surface area contributed by atoms with Crippen LogP contribution in [-0.2, 0) is 19.1 Å². The molecule has 0 aromatic carbocycles. The van der Waals surface area contributed by atoms with E-state index in [2.05, 4.69) is 10.6 Å². The van der Waals surface area contributed by atoms with Gasteiger partial charge in [-0.3, -0.25) is 9.59 Å². The second-order valence-corrected chi connectivity index (χ2v) is 10.2. The van der Waals surface area contributed by atoms with Crippen LogP contribution in [0, 0.1) is 5.92 Å². The lowest BCUT2D eigenvalue weighted by Crippen LogP contribution is -2.56. The summed E-state index contributed by atoms with van der Waals surface area (Å²) in [5, 5.41) is 25.2. The molecule has 3 amide bonds. The van der Waals surface area contributed by atoms with Crippen molar-refractivity contribution in [3.63, 3.8) is 0 Å². The maximum atomic E-state index is 13.4. The van der Waals surface area contributed by atoms with E-state index in [1.165, 1.54) is 4.90 Å². The molecule has 5 atom stereocenters. The van der Waals surface area contributed by atoms with Crippen LogP contribution in [0.3, 0.4) is 0 Å². The van der Waals surface area contributed by atoms with Gasteiger partial charge in [0.05, 0.1) is 6.10 Å². The van der Waals surface area contributed by atoms with E-state index in [-0.39, 0.29) is 25.3 Å². The lowest BCUT2D eigenvalue weighted by molar-refractivity contribution is -0.145. The highest BCUT2D eigenvalue weighted by molar-refractivity contribution is 5.96. The van der Waals surface area contributed by atoms with Gasteiger partial charge in [0.2, 0.25) is 11.8 Å². The monoisotopic (exact) mass is 465 g/mol. The fraction of sp³-hybridized carbons (Fsp3) is 0.739. The normalized spacial score (nSPS) is 33.2. The van der Waals surface area contributed by atoms with E-state index >= 15 is 0 Å². The summed E-state index contributed by atoms with van der Waals surface area (Å²) in [6.45, 7) is 5.10. The van der Waals surface area contributed by atoms with E-state index in [1.54, 1.807) is 20.8 Å². The number of nitrogens with zero attached hydrogens (tertiary/aromatic N) is 1. The number of aliphatic carboxylic acids is 1. The van der Waals surface area contributed by atoms with E-state index in [0.29, 0.717) is 12.8 Å². The number of rotatable bonds is 2. The molecular formula is C23H35N3O7. The summed E-state index contributed by atoms with van der Waals surface area (Å²) in [4.78, 5) is 52.0. The minimum atomic E-state index is -1.38. The first kappa shape index (κ1) is 25.0. The zero-order valence-corrected chi connectivity index (χ0v) is 19.5.